The van der Waals surface area contributed by atoms with E-state index in [9.17, 15) is 14.0 Å². The molecule has 0 saturated carbocycles. The van der Waals surface area contributed by atoms with Gasteiger partial charge in [0.15, 0.2) is 11.6 Å². The van der Waals surface area contributed by atoms with E-state index in [4.69, 9.17) is 0 Å². The quantitative estimate of drug-likeness (QED) is 0.395. The molecule has 6 nitrogen and oxygen atoms in total. The van der Waals surface area contributed by atoms with Gasteiger partial charge < -0.3 is 5.32 Å². The predicted octanol–water partition coefficient (Wildman–Crippen LogP) is 5.36. The van der Waals surface area contributed by atoms with Gasteiger partial charge in [-0.05, 0) is 48.6 Å². The van der Waals surface area contributed by atoms with Gasteiger partial charge in [-0.2, -0.15) is 4.98 Å². The Morgan fingerprint density at radius 3 is 2.56 bits per heavy atom. The van der Waals surface area contributed by atoms with E-state index in [2.05, 4.69) is 29.2 Å². The van der Waals surface area contributed by atoms with Crippen LogP contribution in [-0.4, -0.2) is 32.1 Å². The number of carbonyl (C=O) groups is 2. The van der Waals surface area contributed by atoms with Gasteiger partial charge >= 0.3 is 0 Å². The molecule has 0 fully saturated rings. The summed E-state index contributed by atoms with van der Waals surface area (Å²) in [6.07, 6.45) is 1.22. The molecule has 2 aliphatic rings. The van der Waals surface area contributed by atoms with Crippen molar-refractivity contribution in [3.05, 3.63) is 82.3 Å². The van der Waals surface area contributed by atoms with Crippen molar-refractivity contribution in [2.24, 2.45) is 5.41 Å². The molecule has 0 unspecified atom stereocenters. The molecule has 1 atom stereocenters. The maximum Gasteiger partial charge on any atom is 0.227 e. The molecular formula is C26H25FN4O2S. The fraction of sp³-hybridized carbons (Fsp3) is 0.308. The zero-order valence-electron chi connectivity index (χ0n) is 19.3. The molecule has 34 heavy (non-hydrogen) atoms. The van der Waals surface area contributed by atoms with Crippen molar-refractivity contribution in [2.45, 2.75) is 44.8 Å². The Balaban J connectivity index is 1.47. The zero-order valence-corrected chi connectivity index (χ0v) is 20.1. The minimum Gasteiger partial charge on any atom is -0.328 e. The minimum atomic E-state index is -0.380. The van der Waals surface area contributed by atoms with Crippen LogP contribution in [0.5, 0.6) is 0 Å². The average Bonchev–Trinajstić information content (AvgIpc) is 3.19. The van der Waals surface area contributed by atoms with Crippen LogP contribution in [0.4, 0.5) is 10.3 Å². The van der Waals surface area contributed by atoms with E-state index in [0.717, 1.165) is 28.8 Å². The number of aryl methyl sites for hydroxylation is 1. The Hall–Kier alpha value is -3.26. The van der Waals surface area contributed by atoms with Crippen LogP contribution in [0, 0.1) is 18.2 Å². The van der Waals surface area contributed by atoms with Gasteiger partial charge in [-0.25, -0.2) is 9.07 Å². The van der Waals surface area contributed by atoms with Crippen LogP contribution in [0.3, 0.4) is 0 Å². The molecule has 8 heteroatoms. The summed E-state index contributed by atoms with van der Waals surface area (Å²) in [5.74, 6) is 0.298. The molecule has 1 aliphatic heterocycles. The number of nitrogens with zero attached hydrogens (tertiary/aromatic N) is 3. The third-order valence-electron chi connectivity index (χ3n) is 6.20. The van der Waals surface area contributed by atoms with Crippen LogP contribution in [0.1, 0.15) is 54.2 Å². The Kier molecular flexibility index (Phi) is 5.64. The predicted molar refractivity (Wildman–Crippen MR) is 129 cm³/mol. The maximum absolute atomic E-state index is 13.3. The molecular weight excluding hydrogens is 451 g/mol. The number of ketones is 2. The molecule has 174 valence electrons. The Morgan fingerprint density at radius 2 is 1.85 bits per heavy atom. The lowest BCUT2D eigenvalue weighted by atomic mass is 9.73. The van der Waals surface area contributed by atoms with Gasteiger partial charge in [0.2, 0.25) is 11.1 Å². The van der Waals surface area contributed by atoms with Crippen LogP contribution >= 0.6 is 11.8 Å². The van der Waals surface area contributed by atoms with Crippen molar-refractivity contribution in [1.29, 1.82) is 0 Å². The number of rotatable bonds is 5. The normalized spacial score (nSPS) is 18.8. The van der Waals surface area contributed by atoms with Gasteiger partial charge in [0.05, 0.1) is 5.75 Å². The first kappa shape index (κ1) is 22.5. The van der Waals surface area contributed by atoms with Crippen molar-refractivity contribution >= 4 is 29.3 Å². The van der Waals surface area contributed by atoms with Crippen LogP contribution in [0.25, 0.3) is 0 Å². The molecule has 1 aliphatic carbocycles. The summed E-state index contributed by atoms with van der Waals surface area (Å²) in [6, 6.07) is 13.2. The molecule has 1 aromatic heterocycles. The molecule has 2 heterocycles. The van der Waals surface area contributed by atoms with Crippen molar-refractivity contribution < 1.29 is 14.0 Å². The monoisotopic (exact) mass is 476 g/mol. The molecule has 2 aromatic carbocycles. The second-order valence-electron chi connectivity index (χ2n) is 9.65. The van der Waals surface area contributed by atoms with Crippen molar-refractivity contribution in [1.82, 2.24) is 14.8 Å². The smallest absolute Gasteiger partial charge is 0.227 e. The number of hydrogen-bond donors (Lipinski definition) is 1. The molecule has 0 spiro atoms. The average molecular weight is 477 g/mol. The van der Waals surface area contributed by atoms with Gasteiger partial charge in [-0.15, -0.1) is 5.10 Å². The lowest BCUT2D eigenvalue weighted by molar-refractivity contribution is -0.118. The van der Waals surface area contributed by atoms with E-state index in [0.29, 0.717) is 23.1 Å². The van der Waals surface area contributed by atoms with Crippen LogP contribution in [0.2, 0.25) is 0 Å². The van der Waals surface area contributed by atoms with E-state index in [-0.39, 0.29) is 34.6 Å². The van der Waals surface area contributed by atoms with Crippen molar-refractivity contribution in [3.63, 3.8) is 0 Å². The van der Waals surface area contributed by atoms with E-state index >= 15 is 0 Å². The van der Waals surface area contributed by atoms with E-state index < -0.39 is 0 Å². The number of benzene rings is 2. The number of Topliss-reactive ketones (excluding diaryl/α,β-unsaturated/α-hetero) is 2. The summed E-state index contributed by atoms with van der Waals surface area (Å²) >= 11 is 1.22. The molecule has 5 rings (SSSR count). The van der Waals surface area contributed by atoms with Crippen molar-refractivity contribution in [2.75, 3.05) is 11.1 Å². The molecule has 0 radical (unpaired) electrons. The third-order valence-corrected chi connectivity index (χ3v) is 7.04. The van der Waals surface area contributed by atoms with E-state index in [1.54, 1.807) is 4.68 Å². The van der Waals surface area contributed by atoms with E-state index in [1.165, 1.54) is 36.0 Å². The summed E-state index contributed by atoms with van der Waals surface area (Å²) in [7, 11) is 0. The fourth-order valence-electron chi connectivity index (χ4n) is 4.56. The number of hydrogen-bond acceptors (Lipinski definition) is 6. The Bertz CT molecular complexity index is 1310. The first-order valence-corrected chi connectivity index (χ1v) is 12.2. The maximum atomic E-state index is 13.3. The summed E-state index contributed by atoms with van der Waals surface area (Å²) < 4.78 is 14.9. The van der Waals surface area contributed by atoms with Gasteiger partial charge in [-0.1, -0.05) is 55.4 Å². The number of thioether (sulfide) groups is 1. The topological polar surface area (TPSA) is 76.9 Å². The number of carbonyl (C=O) groups excluding carboxylic acids is 2. The lowest BCUT2D eigenvalue weighted by Crippen LogP contribution is -2.36. The molecule has 0 amide bonds. The summed E-state index contributed by atoms with van der Waals surface area (Å²) in [5.41, 5.74) is 4.04. The number of aromatic nitrogens is 3. The molecule has 0 saturated heterocycles. The summed E-state index contributed by atoms with van der Waals surface area (Å²) in [4.78, 5) is 30.4. The van der Waals surface area contributed by atoms with Crippen molar-refractivity contribution in [3.8, 4) is 0 Å². The second kappa shape index (κ2) is 8.51. The van der Waals surface area contributed by atoms with Crippen LogP contribution in [-0.2, 0) is 4.79 Å². The Labute approximate surface area is 201 Å². The highest BCUT2D eigenvalue weighted by Gasteiger charge is 2.41. The largest absolute Gasteiger partial charge is 0.328 e. The minimum absolute atomic E-state index is 0.117. The third kappa shape index (κ3) is 4.30. The highest BCUT2D eigenvalue weighted by atomic mass is 32.2. The summed E-state index contributed by atoms with van der Waals surface area (Å²) in [5, 5.41) is 8.48. The van der Waals surface area contributed by atoms with E-state index in [1.807, 2.05) is 31.2 Å². The van der Waals surface area contributed by atoms with Crippen LogP contribution in [0.15, 0.2) is 65.0 Å². The van der Waals surface area contributed by atoms with Crippen LogP contribution < -0.4 is 5.32 Å². The second-order valence-corrected chi connectivity index (χ2v) is 10.6. The Morgan fingerprint density at radius 1 is 1.15 bits per heavy atom. The molecule has 1 N–H and O–H groups in total. The highest BCUT2D eigenvalue weighted by Crippen LogP contribution is 2.45. The standard InChI is InChI=1S/C26H25FN4O2S/c1-15-4-6-17(7-5-15)23-22-19(12-26(2,3)13-20(22)32)28-24-29-25(30-31(23)24)34-14-21(33)16-8-10-18(27)11-9-16/h4-11,23H,12-14H2,1-3H3,(H,28,29,30)/t23-/m0/s1. The number of fused-ring (bicyclic) bond motifs is 1. The molecule has 3 aromatic rings. The number of halogens is 1. The molecule has 0 bridgehead atoms. The number of allylic oxidation sites excluding steroid dienone is 2. The first-order valence-electron chi connectivity index (χ1n) is 11.2. The summed E-state index contributed by atoms with van der Waals surface area (Å²) in [6.45, 7) is 6.22. The number of nitrogens with one attached hydrogen (secondary N) is 1. The fourth-order valence-corrected chi connectivity index (χ4v) is 5.28. The van der Waals surface area contributed by atoms with Gasteiger partial charge in [0.25, 0.3) is 0 Å². The zero-order chi connectivity index (χ0) is 24.0. The highest BCUT2D eigenvalue weighted by molar-refractivity contribution is 7.99. The van der Waals surface area contributed by atoms with Gasteiger partial charge in [-0.3, -0.25) is 9.59 Å². The first-order chi connectivity index (χ1) is 16.2. The van der Waals surface area contributed by atoms with Gasteiger partial charge in [0, 0.05) is 23.3 Å². The van der Waals surface area contributed by atoms with Gasteiger partial charge in [0.1, 0.15) is 11.9 Å². The lowest BCUT2D eigenvalue weighted by Gasteiger charge is -2.38. The number of anilines is 1. The SMILES string of the molecule is Cc1ccc([C@H]2C3=C(CC(C)(C)CC3=O)Nc3nc(SCC(=O)c4ccc(F)cc4)nn32)cc1.